The Kier molecular flexibility index (Phi) is 5.18. The summed E-state index contributed by atoms with van der Waals surface area (Å²) in [7, 11) is 0. The Labute approximate surface area is 143 Å². The number of aromatic nitrogens is 1. The minimum atomic E-state index is 0.0795. The number of carbonyl (C=O) groups is 1. The topological polar surface area (TPSA) is 49.6 Å². The molecule has 3 rings (SSSR count). The van der Waals surface area contributed by atoms with Gasteiger partial charge < -0.3 is 14.2 Å². The van der Waals surface area contributed by atoms with E-state index in [0.717, 1.165) is 44.8 Å². The van der Waals surface area contributed by atoms with Crippen molar-refractivity contribution in [2.75, 3.05) is 31.1 Å². The molecular weight excluding hydrogens is 302 g/mol. The van der Waals surface area contributed by atoms with Gasteiger partial charge in [0, 0.05) is 32.4 Å². The van der Waals surface area contributed by atoms with E-state index in [1.165, 1.54) is 0 Å². The van der Waals surface area contributed by atoms with Crippen LogP contribution in [0.1, 0.15) is 35.9 Å². The third-order valence-electron chi connectivity index (χ3n) is 4.82. The highest BCUT2D eigenvalue weighted by Crippen LogP contribution is 2.23. The van der Waals surface area contributed by atoms with Crippen LogP contribution in [0.2, 0.25) is 0 Å². The van der Waals surface area contributed by atoms with Crippen LogP contribution in [-0.2, 0) is 0 Å². The number of furan rings is 1. The first-order valence-electron chi connectivity index (χ1n) is 8.68. The Morgan fingerprint density at radius 1 is 1.33 bits per heavy atom. The number of anilines is 1. The summed E-state index contributed by atoms with van der Waals surface area (Å²) in [6.45, 7) is 7.42. The SMILES string of the molecule is CCN(CC1CCN(c2ccccn2)CC1)C(=O)c1ccoc1C. The smallest absolute Gasteiger partial charge is 0.257 e. The predicted octanol–water partition coefficient (Wildman–Crippen LogP) is 3.36. The fraction of sp³-hybridized carbons (Fsp3) is 0.474. The van der Waals surface area contributed by atoms with Crippen molar-refractivity contribution < 1.29 is 9.21 Å². The minimum absolute atomic E-state index is 0.0795. The molecule has 0 unspecified atom stereocenters. The van der Waals surface area contributed by atoms with Gasteiger partial charge in [0.2, 0.25) is 0 Å². The van der Waals surface area contributed by atoms with Crippen LogP contribution in [0.15, 0.2) is 41.1 Å². The molecule has 0 bridgehead atoms. The molecule has 128 valence electrons. The van der Waals surface area contributed by atoms with E-state index in [0.29, 0.717) is 17.2 Å². The molecule has 1 fully saturated rings. The summed E-state index contributed by atoms with van der Waals surface area (Å²) >= 11 is 0. The van der Waals surface area contributed by atoms with Gasteiger partial charge in [0.1, 0.15) is 11.6 Å². The second-order valence-electron chi connectivity index (χ2n) is 6.35. The van der Waals surface area contributed by atoms with Gasteiger partial charge in [-0.2, -0.15) is 0 Å². The van der Waals surface area contributed by atoms with E-state index in [1.807, 2.05) is 37.1 Å². The van der Waals surface area contributed by atoms with Crippen LogP contribution >= 0.6 is 0 Å². The summed E-state index contributed by atoms with van der Waals surface area (Å²) in [5, 5.41) is 0. The van der Waals surface area contributed by atoms with E-state index in [9.17, 15) is 4.79 Å². The van der Waals surface area contributed by atoms with Crippen molar-refractivity contribution in [1.29, 1.82) is 0 Å². The standard InChI is InChI=1S/C19H25N3O2/c1-3-21(19(23)17-9-13-24-15(17)2)14-16-7-11-22(12-8-16)18-6-4-5-10-20-18/h4-6,9-10,13,16H,3,7-8,11-12,14H2,1-2H3. The van der Waals surface area contributed by atoms with Crippen molar-refractivity contribution in [1.82, 2.24) is 9.88 Å². The lowest BCUT2D eigenvalue weighted by Crippen LogP contribution is -2.41. The fourth-order valence-corrected chi connectivity index (χ4v) is 3.33. The second-order valence-corrected chi connectivity index (χ2v) is 6.35. The highest BCUT2D eigenvalue weighted by atomic mass is 16.3. The molecule has 1 aliphatic rings. The molecular formula is C19H25N3O2. The molecule has 24 heavy (non-hydrogen) atoms. The number of rotatable bonds is 5. The molecule has 1 saturated heterocycles. The van der Waals surface area contributed by atoms with Gasteiger partial charge in [0.25, 0.3) is 5.91 Å². The first-order chi connectivity index (χ1) is 11.7. The van der Waals surface area contributed by atoms with Crippen molar-refractivity contribution in [3.05, 3.63) is 48.0 Å². The van der Waals surface area contributed by atoms with Gasteiger partial charge >= 0.3 is 0 Å². The largest absolute Gasteiger partial charge is 0.469 e. The lowest BCUT2D eigenvalue weighted by molar-refractivity contribution is 0.0727. The van der Waals surface area contributed by atoms with E-state index in [1.54, 1.807) is 12.3 Å². The average Bonchev–Trinajstić information content (AvgIpc) is 3.06. The van der Waals surface area contributed by atoms with Crippen molar-refractivity contribution in [3.63, 3.8) is 0 Å². The molecule has 0 aliphatic carbocycles. The number of nitrogens with zero attached hydrogens (tertiary/aromatic N) is 3. The molecule has 0 saturated carbocycles. The number of amides is 1. The van der Waals surface area contributed by atoms with E-state index in [4.69, 9.17) is 4.42 Å². The number of piperidine rings is 1. The number of hydrogen-bond donors (Lipinski definition) is 0. The zero-order chi connectivity index (χ0) is 16.9. The Bertz CT molecular complexity index is 660. The molecule has 0 N–H and O–H groups in total. The Hall–Kier alpha value is -2.30. The van der Waals surface area contributed by atoms with E-state index >= 15 is 0 Å². The maximum absolute atomic E-state index is 12.7. The third-order valence-corrected chi connectivity index (χ3v) is 4.82. The lowest BCUT2D eigenvalue weighted by atomic mass is 9.96. The second kappa shape index (κ2) is 7.51. The van der Waals surface area contributed by atoms with Crippen LogP contribution in [0.25, 0.3) is 0 Å². The maximum atomic E-state index is 12.7. The van der Waals surface area contributed by atoms with Crippen LogP contribution in [0, 0.1) is 12.8 Å². The summed E-state index contributed by atoms with van der Waals surface area (Å²) in [6.07, 6.45) is 5.60. The fourth-order valence-electron chi connectivity index (χ4n) is 3.33. The summed E-state index contributed by atoms with van der Waals surface area (Å²) in [4.78, 5) is 21.4. The third kappa shape index (κ3) is 3.61. The molecule has 1 amide bonds. The first kappa shape index (κ1) is 16.6. The Morgan fingerprint density at radius 3 is 2.71 bits per heavy atom. The molecule has 0 spiro atoms. The lowest BCUT2D eigenvalue weighted by Gasteiger charge is -2.35. The van der Waals surface area contributed by atoms with Crippen LogP contribution in [0.4, 0.5) is 5.82 Å². The van der Waals surface area contributed by atoms with Gasteiger partial charge in [-0.1, -0.05) is 6.07 Å². The van der Waals surface area contributed by atoms with Crippen molar-refractivity contribution >= 4 is 11.7 Å². The molecule has 0 aromatic carbocycles. The Morgan fingerprint density at radius 2 is 2.12 bits per heavy atom. The molecule has 1 aliphatic heterocycles. The van der Waals surface area contributed by atoms with Gasteiger partial charge in [-0.05, 0) is 50.8 Å². The van der Waals surface area contributed by atoms with Gasteiger partial charge in [-0.25, -0.2) is 4.98 Å². The summed E-state index contributed by atoms with van der Waals surface area (Å²) in [6, 6.07) is 7.80. The van der Waals surface area contributed by atoms with Crippen LogP contribution in [0.3, 0.4) is 0 Å². The van der Waals surface area contributed by atoms with Crippen molar-refractivity contribution in [2.45, 2.75) is 26.7 Å². The average molecular weight is 327 g/mol. The van der Waals surface area contributed by atoms with Gasteiger partial charge in [-0.15, -0.1) is 0 Å². The quantitative estimate of drug-likeness (QED) is 0.845. The number of aryl methyl sites for hydroxylation is 1. The molecule has 5 nitrogen and oxygen atoms in total. The predicted molar refractivity (Wildman–Crippen MR) is 94.2 cm³/mol. The minimum Gasteiger partial charge on any atom is -0.469 e. The van der Waals surface area contributed by atoms with Crippen LogP contribution in [-0.4, -0.2) is 42.0 Å². The van der Waals surface area contributed by atoms with E-state index in [2.05, 4.69) is 16.0 Å². The van der Waals surface area contributed by atoms with Gasteiger partial charge in [0.15, 0.2) is 0 Å². The molecule has 3 heterocycles. The maximum Gasteiger partial charge on any atom is 0.257 e. The molecule has 2 aromatic rings. The molecule has 2 aromatic heterocycles. The summed E-state index contributed by atoms with van der Waals surface area (Å²) in [5.74, 6) is 2.37. The van der Waals surface area contributed by atoms with Gasteiger partial charge in [0.05, 0.1) is 11.8 Å². The monoisotopic (exact) mass is 327 g/mol. The highest BCUT2D eigenvalue weighted by Gasteiger charge is 2.25. The number of hydrogen-bond acceptors (Lipinski definition) is 4. The summed E-state index contributed by atoms with van der Waals surface area (Å²) in [5.41, 5.74) is 0.683. The Balaban J connectivity index is 1.56. The zero-order valence-corrected chi connectivity index (χ0v) is 14.4. The van der Waals surface area contributed by atoms with Crippen LogP contribution in [0.5, 0.6) is 0 Å². The number of pyridine rings is 1. The zero-order valence-electron chi connectivity index (χ0n) is 14.4. The van der Waals surface area contributed by atoms with Crippen molar-refractivity contribution in [2.24, 2.45) is 5.92 Å². The first-order valence-corrected chi connectivity index (χ1v) is 8.68. The van der Waals surface area contributed by atoms with Crippen LogP contribution < -0.4 is 4.90 Å². The van der Waals surface area contributed by atoms with Crippen molar-refractivity contribution in [3.8, 4) is 0 Å². The molecule has 0 atom stereocenters. The van der Waals surface area contributed by atoms with Gasteiger partial charge in [-0.3, -0.25) is 4.79 Å². The normalized spacial score (nSPS) is 15.5. The number of carbonyl (C=O) groups excluding carboxylic acids is 1. The van der Waals surface area contributed by atoms with E-state index in [-0.39, 0.29) is 5.91 Å². The van der Waals surface area contributed by atoms with E-state index < -0.39 is 0 Å². The summed E-state index contributed by atoms with van der Waals surface area (Å²) < 4.78 is 5.27. The molecule has 5 heteroatoms. The highest BCUT2D eigenvalue weighted by molar-refractivity contribution is 5.95. The molecule has 0 radical (unpaired) electrons.